The first kappa shape index (κ1) is 17.6. The van der Waals surface area contributed by atoms with E-state index in [1.807, 2.05) is 0 Å². The average molecular weight is 337 g/mol. The molecular formula is C16H17F2N3O3. The van der Waals surface area contributed by atoms with Gasteiger partial charge in [-0.1, -0.05) is 0 Å². The van der Waals surface area contributed by atoms with Gasteiger partial charge in [0.1, 0.15) is 11.4 Å². The van der Waals surface area contributed by atoms with Gasteiger partial charge >= 0.3 is 6.09 Å². The highest BCUT2D eigenvalue weighted by Gasteiger charge is 2.21. The molecule has 0 aliphatic heterocycles. The number of halogens is 2. The van der Waals surface area contributed by atoms with Crippen LogP contribution < -0.4 is 10.1 Å². The summed E-state index contributed by atoms with van der Waals surface area (Å²) in [4.78, 5) is 19.5. The fraction of sp³-hybridized carbons (Fsp3) is 0.312. The van der Waals surface area contributed by atoms with Crippen molar-refractivity contribution >= 4 is 11.8 Å². The van der Waals surface area contributed by atoms with Gasteiger partial charge in [-0.15, -0.1) is 0 Å². The number of methoxy groups -OCH3 is 1. The summed E-state index contributed by atoms with van der Waals surface area (Å²) < 4.78 is 37.3. The number of amides is 1. The fourth-order valence-electron chi connectivity index (χ4n) is 1.94. The van der Waals surface area contributed by atoms with Gasteiger partial charge in [-0.25, -0.2) is 23.5 Å². The van der Waals surface area contributed by atoms with E-state index in [-0.39, 0.29) is 22.8 Å². The molecule has 1 aromatic heterocycles. The summed E-state index contributed by atoms with van der Waals surface area (Å²) in [5.41, 5.74) is -0.494. The van der Waals surface area contributed by atoms with Crippen molar-refractivity contribution in [1.82, 2.24) is 9.97 Å². The lowest BCUT2D eigenvalue weighted by molar-refractivity contribution is 0.0635. The molecule has 2 rings (SSSR count). The molecule has 24 heavy (non-hydrogen) atoms. The standard InChI is InChI=1S/C16H17F2N3O3/c1-16(2,3)24-15(22)21-12-6-9(17)5-11(13(12)23-4)14-19-7-10(18)8-20-14/h5-8H,1-4H3,(H,21,22). The lowest BCUT2D eigenvalue weighted by Crippen LogP contribution is -2.27. The predicted molar refractivity (Wildman–Crippen MR) is 83.8 cm³/mol. The predicted octanol–water partition coefficient (Wildman–Crippen LogP) is 3.78. The van der Waals surface area contributed by atoms with Gasteiger partial charge < -0.3 is 9.47 Å². The van der Waals surface area contributed by atoms with Crippen molar-refractivity contribution in [3.05, 3.63) is 36.2 Å². The zero-order chi connectivity index (χ0) is 17.9. The van der Waals surface area contributed by atoms with Gasteiger partial charge in [0.15, 0.2) is 17.4 Å². The molecule has 2 aromatic rings. The monoisotopic (exact) mass is 337 g/mol. The van der Waals surface area contributed by atoms with E-state index in [0.29, 0.717) is 0 Å². The van der Waals surface area contributed by atoms with Crippen molar-refractivity contribution in [1.29, 1.82) is 0 Å². The summed E-state index contributed by atoms with van der Waals surface area (Å²) in [7, 11) is 1.35. The Bertz CT molecular complexity index is 743. The van der Waals surface area contributed by atoms with Gasteiger partial charge in [0.25, 0.3) is 0 Å². The topological polar surface area (TPSA) is 73.3 Å². The molecule has 6 nitrogen and oxygen atoms in total. The minimum atomic E-state index is -0.766. The molecule has 0 radical (unpaired) electrons. The summed E-state index contributed by atoms with van der Waals surface area (Å²) in [5.74, 6) is -1.08. The van der Waals surface area contributed by atoms with Crippen LogP contribution in [0.15, 0.2) is 24.5 Å². The average Bonchev–Trinajstić information content (AvgIpc) is 2.45. The number of ether oxygens (including phenoxy) is 2. The molecule has 0 saturated carbocycles. The number of aromatic nitrogens is 2. The first-order chi connectivity index (χ1) is 11.2. The molecule has 0 atom stereocenters. The number of rotatable bonds is 3. The van der Waals surface area contributed by atoms with Crippen LogP contribution in [-0.4, -0.2) is 28.8 Å². The van der Waals surface area contributed by atoms with Gasteiger partial charge in [0.2, 0.25) is 0 Å². The quantitative estimate of drug-likeness (QED) is 0.923. The second kappa shape index (κ2) is 6.77. The maximum atomic E-state index is 13.9. The SMILES string of the molecule is COc1c(NC(=O)OC(C)(C)C)cc(F)cc1-c1ncc(F)cn1. The summed E-state index contributed by atoms with van der Waals surface area (Å²) in [6.07, 6.45) is 1.14. The Morgan fingerprint density at radius 1 is 1.12 bits per heavy atom. The van der Waals surface area contributed by atoms with Crippen LogP contribution in [0.5, 0.6) is 5.75 Å². The third-order valence-corrected chi connectivity index (χ3v) is 2.75. The molecule has 1 N–H and O–H groups in total. The molecule has 0 fully saturated rings. The molecule has 8 heteroatoms. The van der Waals surface area contributed by atoms with Crippen LogP contribution in [0.2, 0.25) is 0 Å². The van der Waals surface area contributed by atoms with E-state index in [4.69, 9.17) is 9.47 Å². The summed E-state index contributed by atoms with van der Waals surface area (Å²) >= 11 is 0. The van der Waals surface area contributed by atoms with Crippen molar-refractivity contribution in [2.75, 3.05) is 12.4 Å². The third-order valence-electron chi connectivity index (χ3n) is 2.75. The first-order valence-corrected chi connectivity index (χ1v) is 7.05. The molecule has 1 amide bonds. The fourth-order valence-corrected chi connectivity index (χ4v) is 1.94. The van der Waals surface area contributed by atoms with Crippen LogP contribution in [0.3, 0.4) is 0 Å². The highest BCUT2D eigenvalue weighted by atomic mass is 19.1. The number of hydrogen-bond donors (Lipinski definition) is 1. The van der Waals surface area contributed by atoms with Gasteiger partial charge in [-0.2, -0.15) is 0 Å². The molecule has 0 aliphatic rings. The van der Waals surface area contributed by atoms with E-state index in [1.165, 1.54) is 7.11 Å². The number of anilines is 1. The molecule has 1 aromatic carbocycles. The van der Waals surface area contributed by atoms with Crippen LogP contribution in [0.25, 0.3) is 11.4 Å². The van der Waals surface area contributed by atoms with E-state index in [0.717, 1.165) is 24.5 Å². The number of carbonyl (C=O) groups is 1. The molecular weight excluding hydrogens is 320 g/mol. The van der Waals surface area contributed by atoms with Crippen LogP contribution in [0, 0.1) is 11.6 Å². The molecule has 128 valence electrons. The largest absolute Gasteiger partial charge is 0.494 e. The van der Waals surface area contributed by atoms with Crippen LogP contribution in [0.1, 0.15) is 20.8 Å². The Balaban J connectivity index is 2.42. The second-order valence-electron chi connectivity index (χ2n) is 5.89. The molecule has 0 unspecified atom stereocenters. The van der Waals surface area contributed by atoms with E-state index in [1.54, 1.807) is 20.8 Å². The Morgan fingerprint density at radius 3 is 2.29 bits per heavy atom. The zero-order valence-corrected chi connectivity index (χ0v) is 13.7. The summed E-state index contributed by atoms with van der Waals surface area (Å²) in [6.45, 7) is 5.10. The van der Waals surface area contributed by atoms with Crippen LogP contribution >= 0.6 is 0 Å². The summed E-state index contributed by atoms with van der Waals surface area (Å²) in [6, 6.07) is 2.21. The van der Waals surface area contributed by atoms with E-state index >= 15 is 0 Å². The highest BCUT2D eigenvalue weighted by molar-refractivity contribution is 5.89. The van der Waals surface area contributed by atoms with E-state index in [9.17, 15) is 13.6 Å². The first-order valence-electron chi connectivity index (χ1n) is 7.05. The number of nitrogens with one attached hydrogen (secondary N) is 1. The van der Waals surface area contributed by atoms with Gasteiger partial charge in [0.05, 0.1) is 30.8 Å². The maximum Gasteiger partial charge on any atom is 0.412 e. The molecule has 0 aliphatic carbocycles. The van der Waals surface area contributed by atoms with E-state index < -0.39 is 23.3 Å². The Labute approximate surface area is 137 Å². The number of nitrogens with zero attached hydrogens (tertiary/aromatic N) is 2. The van der Waals surface area contributed by atoms with Crippen LogP contribution in [-0.2, 0) is 4.74 Å². The normalized spacial score (nSPS) is 11.1. The van der Waals surface area contributed by atoms with Crippen molar-refractivity contribution in [3.8, 4) is 17.1 Å². The smallest absolute Gasteiger partial charge is 0.412 e. The molecule has 0 spiro atoms. The summed E-state index contributed by atoms with van der Waals surface area (Å²) in [5, 5.41) is 2.42. The maximum absolute atomic E-state index is 13.9. The minimum Gasteiger partial charge on any atom is -0.494 e. The van der Waals surface area contributed by atoms with Crippen molar-refractivity contribution in [3.63, 3.8) is 0 Å². The number of benzene rings is 1. The Kier molecular flexibility index (Phi) is 4.96. The molecule has 0 saturated heterocycles. The van der Waals surface area contributed by atoms with Crippen molar-refractivity contribution < 1.29 is 23.0 Å². The lowest BCUT2D eigenvalue weighted by Gasteiger charge is -2.20. The number of hydrogen-bond acceptors (Lipinski definition) is 5. The van der Waals surface area contributed by atoms with E-state index in [2.05, 4.69) is 15.3 Å². The lowest BCUT2D eigenvalue weighted by atomic mass is 10.1. The van der Waals surface area contributed by atoms with Crippen molar-refractivity contribution in [2.24, 2.45) is 0 Å². The third kappa shape index (κ3) is 4.37. The Morgan fingerprint density at radius 2 is 1.75 bits per heavy atom. The van der Waals surface area contributed by atoms with Crippen LogP contribution in [0.4, 0.5) is 19.3 Å². The van der Waals surface area contributed by atoms with Crippen molar-refractivity contribution in [2.45, 2.75) is 26.4 Å². The van der Waals surface area contributed by atoms with Gasteiger partial charge in [0, 0.05) is 6.07 Å². The van der Waals surface area contributed by atoms with Gasteiger partial charge in [-0.05, 0) is 26.8 Å². The number of carbonyl (C=O) groups excluding carboxylic acids is 1. The molecule has 1 heterocycles. The highest BCUT2D eigenvalue weighted by Crippen LogP contribution is 2.36. The minimum absolute atomic E-state index is 0.0506. The Hall–Kier alpha value is -2.77. The second-order valence-corrected chi connectivity index (χ2v) is 5.89. The van der Waals surface area contributed by atoms with Gasteiger partial charge in [-0.3, -0.25) is 5.32 Å². The molecule has 0 bridgehead atoms. The zero-order valence-electron chi connectivity index (χ0n) is 13.7.